The van der Waals surface area contributed by atoms with Crippen LogP contribution in [0.2, 0.25) is 0 Å². The first-order valence-electron chi connectivity index (χ1n) is 6.77. The maximum atomic E-state index is 13.8. The monoisotopic (exact) mass is 294 g/mol. The lowest BCUT2D eigenvalue weighted by Gasteiger charge is -2.36. The SMILES string of the molecule is CC(C)(C)C(=O)Nc1ccc(F)c(C(=O)N2CC(O)C2)c1. The number of rotatable bonds is 2. The topological polar surface area (TPSA) is 69.6 Å². The van der Waals surface area contributed by atoms with Gasteiger partial charge < -0.3 is 15.3 Å². The maximum absolute atomic E-state index is 13.8. The maximum Gasteiger partial charge on any atom is 0.257 e. The van der Waals surface area contributed by atoms with Gasteiger partial charge in [0.25, 0.3) is 5.91 Å². The number of anilines is 1. The fraction of sp³-hybridized carbons (Fsp3) is 0.467. The zero-order valence-corrected chi connectivity index (χ0v) is 12.3. The molecule has 0 atom stereocenters. The molecule has 5 nitrogen and oxygen atoms in total. The molecule has 0 aliphatic carbocycles. The molecule has 1 aliphatic rings. The summed E-state index contributed by atoms with van der Waals surface area (Å²) in [5.74, 6) is -1.34. The summed E-state index contributed by atoms with van der Waals surface area (Å²) in [5.41, 5.74) is -0.311. The van der Waals surface area contributed by atoms with E-state index >= 15 is 0 Å². The Labute approximate surface area is 122 Å². The molecule has 0 saturated carbocycles. The highest BCUT2D eigenvalue weighted by molar-refractivity contribution is 5.98. The van der Waals surface area contributed by atoms with Gasteiger partial charge in [0.05, 0.1) is 11.7 Å². The first-order valence-corrected chi connectivity index (χ1v) is 6.77. The van der Waals surface area contributed by atoms with Gasteiger partial charge >= 0.3 is 0 Å². The first kappa shape index (κ1) is 15.4. The van der Waals surface area contributed by atoms with Crippen molar-refractivity contribution in [1.29, 1.82) is 0 Å². The predicted octanol–water partition coefficient (Wildman–Crippen LogP) is 1.63. The number of carbonyl (C=O) groups is 2. The number of amides is 2. The third-order valence-electron chi connectivity index (χ3n) is 3.29. The second-order valence-corrected chi connectivity index (χ2v) is 6.26. The molecule has 0 bridgehead atoms. The molecule has 2 rings (SSSR count). The van der Waals surface area contributed by atoms with Crippen molar-refractivity contribution in [2.24, 2.45) is 5.41 Å². The lowest BCUT2D eigenvalue weighted by Crippen LogP contribution is -2.53. The summed E-state index contributed by atoms with van der Waals surface area (Å²) in [7, 11) is 0. The second kappa shape index (κ2) is 5.44. The highest BCUT2D eigenvalue weighted by Gasteiger charge is 2.31. The number of aliphatic hydroxyl groups is 1. The number of nitrogens with one attached hydrogen (secondary N) is 1. The largest absolute Gasteiger partial charge is 0.389 e. The molecule has 1 aromatic carbocycles. The Balaban J connectivity index is 2.18. The van der Waals surface area contributed by atoms with E-state index in [0.29, 0.717) is 5.69 Å². The lowest BCUT2D eigenvalue weighted by atomic mass is 9.95. The molecule has 2 N–H and O–H groups in total. The summed E-state index contributed by atoms with van der Waals surface area (Å²) in [6.45, 7) is 5.70. The van der Waals surface area contributed by atoms with Gasteiger partial charge in [-0.05, 0) is 18.2 Å². The summed E-state index contributed by atoms with van der Waals surface area (Å²) in [6, 6.07) is 3.90. The Hall–Kier alpha value is -1.95. The van der Waals surface area contributed by atoms with Crippen LogP contribution in [0.3, 0.4) is 0 Å². The van der Waals surface area contributed by atoms with Gasteiger partial charge in [0.1, 0.15) is 5.82 Å². The Morgan fingerprint density at radius 3 is 2.48 bits per heavy atom. The molecule has 1 fully saturated rings. The van der Waals surface area contributed by atoms with Crippen molar-refractivity contribution in [3.63, 3.8) is 0 Å². The molecule has 21 heavy (non-hydrogen) atoms. The second-order valence-electron chi connectivity index (χ2n) is 6.26. The van der Waals surface area contributed by atoms with Crippen LogP contribution in [-0.2, 0) is 4.79 Å². The van der Waals surface area contributed by atoms with E-state index in [9.17, 15) is 19.1 Å². The normalized spacial score (nSPS) is 15.6. The smallest absolute Gasteiger partial charge is 0.257 e. The van der Waals surface area contributed by atoms with E-state index in [-0.39, 0.29) is 24.6 Å². The molecule has 1 saturated heterocycles. The number of carbonyl (C=O) groups excluding carboxylic acids is 2. The molecule has 6 heteroatoms. The van der Waals surface area contributed by atoms with E-state index in [1.165, 1.54) is 17.0 Å². The van der Waals surface area contributed by atoms with Gasteiger partial charge in [0.2, 0.25) is 5.91 Å². The number of likely N-dealkylation sites (tertiary alicyclic amines) is 1. The fourth-order valence-electron chi connectivity index (χ4n) is 1.88. The Bertz CT molecular complexity index is 575. The Morgan fingerprint density at radius 1 is 1.33 bits per heavy atom. The van der Waals surface area contributed by atoms with Crippen LogP contribution in [0.1, 0.15) is 31.1 Å². The van der Waals surface area contributed by atoms with Gasteiger partial charge in [-0.25, -0.2) is 4.39 Å². The van der Waals surface area contributed by atoms with Crippen LogP contribution in [0.4, 0.5) is 10.1 Å². The molecule has 0 unspecified atom stereocenters. The van der Waals surface area contributed by atoms with Gasteiger partial charge in [-0.1, -0.05) is 20.8 Å². The molecule has 2 amide bonds. The predicted molar refractivity (Wildman–Crippen MR) is 76.4 cm³/mol. The van der Waals surface area contributed by atoms with Crippen LogP contribution in [0.5, 0.6) is 0 Å². The average Bonchev–Trinajstić information content (AvgIpc) is 2.35. The lowest BCUT2D eigenvalue weighted by molar-refractivity contribution is -0.123. The molecule has 1 aromatic rings. The zero-order chi connectivity index (χ0) is 15.8. The van der Waals surface area contributed by atoms with Crippen molar-refractivity contribution in [3.8, 4) is 0 Å². The van der Waals surface area contributed by atoms with Crippen LogP contribution in [-0.4, -0.2) is 41.0 Å². The third kappa shape index (κ3) is 3.39. The van der Waals surface area contributed by atoms with Crippen molar-refractivity contribution in [3.05, 3.63) is 29.6 Å². The van der Waals surface area contributed by atoms with Gasteiger partial charge in [-0.2, -0.15) is 0 Å². The Morgan fingerprint density at radius 2 is 1.95 bits per heavy atom. The molecule has 0 radical (unpaired) electrons. The van der Waals surface area contributed by atoms with Gasteiger partial charge in [0, 0.05) is 24.2 Å². The van der Waals surface area contributed by atoms with Gasteiger partial charge in [-0.15, -0.1) is 0 Å². The molecule has 114 valence electrons. The standard InChI is InChI=1S/C15H19FN2O3/c1-15(2,3)14(21)17-9-4-5-12(16)11(6-9)13(20)18-7-10(19)8-18/h4-6,10,19H,7-8H2,1-3H3,(H,17,21). The van der Waals surface area contributed by atoms with Gasteiger partial charge in [-0.3, -0.25) is 9.59 Å². The minimum atomic E-state index is -0.643. The molecular formula is C15H19FN2O3. The van der Waals surface area contributed by atoms with Crippen LogP contribution in [0, 0.1) is 11.2 Å². The van der Waals surface area contributed by atoms with E-state index in [4.69, 9.17) is 0 Å². The minimum Gasteiger partial charge on any atom is -0.389 e. The minimum absolute atomic E-state index is 0.103. The van der Waals surface area contributed by atoms with Gasteiger partial charge in [0.15, 0.2) is 0 Å². The van der Waals surface area contributed by atoms with E-state index in [1.54, 1.807) is 20.8 Å². The molecule has 1 aliphatic heterocycles. The van der Waals surface area contributed by atoms with E-state index in [0.717, 1.165) is 6.07 Å². The van der Waals surface area contributed by atoms with Crippen molar-refractivity contribution in [1.82, 2.24) is 4.90 Å². The number of halogens is 1. The third-order valence-corrected chi connectivity index (χ3v) is 3.29. The highest BCUT2D eigenvalue weighted by Crippen LogP contribution is 2.22. The molecule has 0 aromatic heterocycles. The van der Waals surface area contributed by atoms with E-state index in [1.807, 2.05) is 0 Å². The number of hydrogen-bond donors (Lipinski definition) is 2. The number of benzene rings is 1. The Kier molecular flexibility index (Phi) is 4.00. The van der Waals surface area contributed by atoms with Crippen LogP contribution in [0.15, 0.2) is 18.2 Å². The zero-order valence-electron chi connectivity index (χ0n) is 12.3. The van der Waals surface area contributed by atoms with Crippen LogP contribution < -0.4 is 5.32 Å². The number of hydrogen-bond acceptors (Lipinski definition) is 3. The summed E-state index contributed by atoms with van der Waals surface area (Å²) < 4.78 is 13.8. The van der Waals surface area contributed by atoms with Crippen molar-refractivity contribution < 1.29 is 19.1 Å². The van der Waals surface area contributed by atoms with Crippen molar-refractivity contribution in [2.75, 3.05) is 18.4 Å². The van der Waals surface area contributed by atoms with E-state index < -0.39 is 23.2 Å². The summed E-state index contributed by atoms with van der Waals surface area (Å²) in [4.78, 5) is 25.4. The molecule has 0 spiro atoms. The summed E-state index contributed by atoms with van der Waals surface area (Å²) in [5, 5.41) is 11.9. The molecular weight excluding hydrogens is 275 g/mol. The summed E-state index contributed by atoms with van der Waals surface area (Å²) >= 11 is 0. The summed E-state index contributed by atoms with van der Waals surface area (Å²) in [6.07, 6.45) is -0.541. The number of β-amino-alcohol motifs (C(OH)–C–C–N with tert-alkyl or cyclic N) is 1. The quantitative estimate of drug-likeness (QED) is 0.871. The van der Waals surface area contributed by atoms with Crippen molar-refractivity contribution >= 4 is 17.5 Å². The van der Waals surface area contributed by atoms with Crippen molar-refractivity contribution in [2.45, 2.75) is 26.9 Å². The molecule has 1 heterocycles. The fourth-order valence-corrected chi connectivity index (χ4v) is 1.88. The first-order chi connectivity index (χ1) is 9.68. The number of nitrogens with zero attached hydrogens (tertiary/aromatic N) is 1. The highest BCUT2D eigenvalue weighted by atomic mass is 19.1. The van der Waals surface area contributed by atoms with Crippen LogP contribution in [0.25, 0.3) is 0 Å². The van der Waals surface area contributed by atoms with Crippen LogP contribution >= 0.6 is 0 Å². The number of aliphatic hydroxyl groups excluding tert-OH is 1. The van der Waals surface area contributed by atoms with E-state index in [2.05, 4.69) is 5.32 Å². The average molecular weight is 294 g/mol.